The normalized spacial score (nSPS) is 19.7. The molecule has 2 aliphatic rings. The van der Waals surface area contributed by atoms with Gasteiger partial charge in [0.2, 0.25) is 5.91 Å². The van der Waals surface area contributed by atoms with Crippen LogP contribution in [-0.2, 0) is 17.6 Å². The molecule has 0 unspecified atom stereocenters. The average molecular weight is 350 g/mol. The molecule has 3 heterocycles. The molecule has 1 fully saturated rings. The Morgan fingerprint density at radius 2 is 2.04 bits per heavy atom. The number of aromatic nitrogens is 2. The molecule has 0 saturated carbocycles. The van der Waals surface area contributed by atoms with E-state index in [2.05, 4.69) is 36.5 Å². The third kappa shape index (κ3) is 3.49. The van der Waals surface area contributed by atoms with Gasteiger partial charge in [0.05, 0.1) is 0 Å². The summed E-state index contributed by atoms with van der Waals surface area (Å²) >= 11 is 0. The molecule has 5 heteroatoms. The highest BCUT2D eigenvalue weighted by molar-refractivity contribution is 5.95. The van der Waals surface area contributed by atoms with Crippen LogP contribution in [0.5, 0.6) is 0 Å². The molecule has 1 saturated heterocycles. The summed E-state index contributed by atoms with van der Waals surface area (Å²) in [6.07, 6.45) is 4.31. The minimum atomic E-state index is 0.194. The van der Waals surface area contributed by atoms with Gasteiger partial charge >= 0.3 is 0 Å². The topological polar surface area (TPSA) is 58.1 Å². The Morgan fingerprint density at radius 3 is 2.81 bits per heavy atom. The lowest BCUT2D eigenvalue weighted by atomic mass is 10.0. The number of anilines is 1. The first-order valence-corrected chi connectivity index (χ1v) is 9.65. The molecular formula is C21H26N4O. The SMILES string of the molecule is Cc1nc([C@@H]2CCNC2)nc2c1CCC(=O)N2CCCc1ccccc1. The van der Waals surface area contributed by atoms with Crippen molar-refractivity contribution in [2.45, 2.75) is 44.9 Å². The molecule has 2 aromatic rings. The van der Waals surface area contributed by atoms with Gasteiger partial charge in [-0.1, -0.05) is 30.3 Å². The van der Waals surface area contributed by atoms with Crippen molar-refractivity contribution in [1.29, 1.82) is 0 Å². The molecule has 0 aliphatic carbocycles. The highest BCUT2D eigenvalue weighted by atomic mass is 16.2. The molecule has 5 nitrogen and oxygen atoms in total. The van der Waals surface area contributed by atoms with Gasteiger partial charge in [-0.25, -0.2) is 9.97 Å². The predicted octanol–water partition coefficient (Wildman–Crippen LogP) is 2.77. The summed E-state index contributed by atoms with van der Waals surface area (Å²) in [4.78, 5) is 24.1. The zero-order valence-corrected chi connectivity index (χ0v) is 15.4. The molecule has 136 valence electrons. The van der Waals surface area contributed by atoms with E-state index in [0.29, 0.717) is 12.3 Å². The molecule has 0 bridgehead atoms. The van der Waals surface area contributed by atoms with Crippen LogP contribution in [0, 0.1) is 6.92 Å². The van der Waals surface area contributed by atoms with Crippen molar-refractivity contribution in [2.75, 3.05) is 24.5 Å². The zero-order chi connectivity index (χ0) is 17.9. The van der Waals surface area contributed by atoms with E-state index in [1.165, 1.54) is 5.56 Å². The van der Waals surface area contributed by atoms with Gasteiger partial charge < -0.3 is 5.32 Å². The first kappa shape index (κ1) is 17.2. The standard InChI is InChI=1S/C21H26N4O/c1-15-18-9-10-19(26)25(13-5-8-16-6-3-2-4-7-16)21(18)24-20(23-15)17-11-12-22-14-17/h2-4,6-7,17,22H,5,8-14H2,1H3/t17-/m1/s1. The summed E-state index contributed by atoms with van der Waals surface area (Å²) in [6.45, 7) is 4.73. The van der Waals surface area contributed by atoms with Gasteiger partial charge in [-0.2, -0.15) is 0 Å². The van der Waals surface area contributed by atoms with E-state index in [4.69, 9.17) is 9.97 Å². The molecule has 1 amide bonds. The Hall–Kier alpha value is -2.27. The molecule has 26 heavy (non-hydrogen) atoms. The molecule has 1 N–H and O–H groups in total. The number of hydrogen-bond donors (Lipinski definition) is 1. The van der Waals surface area contributed by atoms with E-state index in [9.17, 15) is 4.79 Å². The second kappa shape index (κ2) is 7.54. The number of benzene rings is 1. The Bertz CT molecular complexity index is 784. The average Bonchev–Trinajstić information content (AvgIpc) is 3.19. The van der Waals surface area contributed by atoms with E-state index in [0.717, 1.165) is 68.2 Å². The fourth-order valence-electron chi connectivity index (χ4n) is 3.98. The smallest absolute Gasteiger partial charge is 0.228 e. The third-order valence-corrected chi connectivity index (χ3v) is 5.47. The van der Waals surface area contributed by atoms with Crippen LogP contribution in [0.15, 0.2) is 30.3 Å². The number of rotatable bonds is 5. The second-order valence-electron chi connectivity index (χ2n) is 7.29. The fourth-order valence-corrected chi connectivity index (χ4v) is 3.98. The predicted molar refractivity (Wildman–Crippen MR) is 102 cm³/mol. The van der Waals surface area contributed by atoms with Gasteiger partial charge in [0.1, 0.15) is 11.6 Å². The van der Waals surface area contributed by atoms with Crippen LogP contribution in [0.3, 0.4) is 0 Å². The van der Waals surface area contributed by atoms with E-state index in [1.54, 1.807) is 0 Å². The van der Waals surface area contributed by atoms with Gasteiger partial charge in [0.15, 0.2) is 0 Å². The summed E-state index contributed by atoms with van der Waals surface area (Å²) in [5.41, 5.74) is 3.50. The van der Waals surface area contributed by atoms with Crippen LogP contribution in [0.2, 0.25) is 0 Å². The number of carbonyl (C=O) groups is 1. The van der Waals surface area contributed by atoms with Gasteiger partial charge in [-0.15, -0.1) is 0 Å². The van der Waals surface area contributed by atoms with E-state index in [1.807, 2.05) is 11.0 Å². The number of aryl methyl sites for hydroxylation is 2. The minimum absolute atomic E-state index is 0.194. The summed E-state index contributed by atoms with van der Waals surface area (Å²) in [5, 5.41) is 3.38. The van der Waals surface area contributed by atoms with Crippen LogP contribution in [0.4, 0.5) is 5.82 Å². The maximum Gasteiger partial charge on any atom is 0.228 e. The Labute approximate surface area is 154 Å². The van der Waals surface area contributed by atoms with Crippen molar-refractivity contribution >= 4 is 11.7 Å². The van der Waals surface area contributed by atoms with Crippen molar-refractivity contribution in [3.8, 4) is 0 Å². The maximum absolute atomic E-state index is 12.6. The highest BCUT2D eigenvalue weighted by Crippen LogP contribution is 2.31. The second-order valence-corrected chi connectivity index (χ2v) is 7.29. The van der Waals surface area contributed by atoms with Gasteiger partial charge in [0, 0.05) is 36.7 Å². The largest absolute Gasteiger partial charge is 0.316 e. The molecule has 0 radical (unpaired) electrons. The van der Waals surface area contributed by atoms with Crippen molar-refractivity contribution in [1.82, 2.24) is 15.3 Å². The van der Waals surface area contributed by atoms with Gasteiger partial charge in [-0.3, -0.25) is 9.69 Å². The first-order chi connectivity index (χ1) is 12.7. The van der Waals surface area contributed by atoms with Crippen molar-refractivity contribution in [3.63, 3.8) is 0 Å². The summed E-state index contributed by atoms with van der Waals surface area (Å²) in [5.74, 6) is 2.32. The maximum atomic E-state index is 12.6. The molecular weight excluding hydrogens is 324 g/mol. The number of fused-ring (bicyclic) bond motifs is 1. The summed E-state index contributed by atoms with van der Waals surface area (Å²) < 4.78 is 0. The number of hydrogen-bond acceptors (Lipinski definition) is 4. The lowest BCUT2D eigenvalue weighted by Crippen LogP contribution is -2.38. The van der Waals surface area contributed by atoms with E-state index in [-0.39, 0.29) is 5.91 Å². The monoisotopic (exact) mass is 350 g/mol. The Morgan fingerprint density at radius 1 is 1.19 bits per heavy atom. The Kier molecular flexibility index (Phi) is 4.98. The van der Waals surface area contributed by atoms with Gasteiger partial charge in [0.25, 0.3) is 0 Å². The molecule has 0 spiro atoms. The van der Waals surface area contributed by atoms with Gasteiger partial charge in [-0.05, 0) is 44.7 Å². The summed E-state index contributed by atoms with van der Waals surface area (Å²) in [6, 6.07) is 10.4. The molecule has 2 aliphatic heterocycles. The summed E-state index contributed by atoms with van der Waals surface area (Å²) in [7, 11) is 0. The molecule has 1 atom stereocenters. The number of nitrogens with zero attached hydrogens (tertiary/aromatic N) is 3. The molecule has 4 rings (SSSR count). The van der Waals surface area contributed by atoms with Crippen molar-refractivity contribution in [3.05, 3.63) is 53.0 Å². The lowest BCUT2D eigenvalue weighted by Gasteiger charge is -2.30. The third-order valence-electron chi connectivity index (χ3n) is 5.47. The van der Waals surface area contributed by atoms with E-state index < -0.39 is 0 Å². The minimum Gasteiger partial charge on any atom is -0.316 e. The molecule has 1 aromatic heterocycles. The van der Waals surface area contributed by atoms with Crippen LogP contribution in [0.1, 0.15) is 47.8 Å². The number of amides is 1. The number of carbonyl (C=O) groups excluding carboxylic acids is 1. The fraction of sp³-hybridized carbons (Fsp3) is 0.476. The number of nitrogens with one attached hydrogen (secondary N) is 1. The van der Waals surface area contributed by atoms with Crippen LogP contribution < -0.4 is 10.2 Å². The Balaban J connectivity index is 1.55. The zero-order valence-electron chi connectivity index (χ0n) is 15.4. The van der Waals surface area contributed by atoms with Crippen molar-refractivity contribution in [2.24, 2.45) is 0 Å². The first-order valence-electron chi connectivity index (χ1n) is 9.65. The lowest BCUT2D eigenvalue weighted by molar-refractivity contribution is -0.119. The van der Waals surface area contributed by atoms with Crippen LogP contribution in [-0.4, -0.2) is 35.5 Å². The van der Waals surface area contributed by atoms with Crippen LogP contribution >= 0.6 is 0 Å². The highest BCUT2D eigenvalue weighted by Gasteiger charge is 2.29. The van der Waals surface area contributed by atoms with Crippen molar-refractivity contribution < 1.29 is 4.79 Å². The quantitative estimate of drug-likeness (QED) is 0.901. The van der Waals surface area contributed by atoms with Crippen LogP contribution in [0.25, 0.3) is 0 Å². The molecule has 1 aromatic carbocycles. The van der Waals surface area contributed by atoms with E-state index >= 15 is 0 Å².